The van der Waals surface area contributed by atoms with Crippen molar-refractivity contribution in [2.24, 2.45) is 0 Å². The van der Waals surface area contributed by atoms with Gasteiger partial charge < -0.3 is 29.1 Å². The molecule has 0 bridgehead atoms. The smallest absolute Gasteiger partial charge is 0.295 e. The summed E-state index contributed by atoms with van der Waals surface area (Å²) in [6, 6.07) is 9.85. The molecule has 38 heavy (non-hydrogen) atoms. The molecule has 1 fully saturated rings. The lowest BCUT2D eigenvalue weighted by atomic mass is 9.94. The molecule has 0 spiro atoms. The van der Waals surface area contributed by atoms with E-state index in [1.807, 2.05) is 45.8 Å². The van der Waals surface area contributed by atoms with Gasteiger partial charge in [0.2, 0.25) is 0 Å². The number of carbonyl (C=O) groups is 2. The molecule has 206 valence electrons. The minimum atomic E-state index is -0.777. The van der Waals surface area contributed by atoms with Crippen molar-refractivity contribution < 1.29 is 28.9 Å². The first-order chi connectivity index (χ1) is 18.1. The number of aliphatic hydroxyl groups is 1. The Labute approximate surface area is 225 Å². The number of unbranched alkanes of at least 4 members (excludes halogenated alkanes) is 1. The Morgan fingerprint density at radius 2 is 1.79 bits per heavy atom. The molecule has 1 amide bonds. The lowest BCUT2D eigenvalue weighted by molar-refractivity contribution is -0.140. The summed E-state index contributed by atoms with van der Waals surface area (Å²) >= 11 is 0. The molecule has 3 rings (SSSR count). The highest BCUT2D eigenvalue weighted by Gasteiger charge is 2.46. The number of rotatable bonds is 12. The molecular formula is C30H40N2O6. The Hall–Kier alpha value is -3.52. The molecule has 2 aromatic rings. The number of hydrogen-bond acceptors (Lipinski definition) is 7. The van der Waals surface area contributed by atoms with E-state index in [1.165, 1.54) is 4.90 Å². The molecule has 8 heteroatoms. The summed E-state index contributed by atoms with van der Waals surface area (Å²) < 4.78 is 17.3. The molecule has 2 aromatic carbocycles. The molecule has 1 N–H and O–H groups in total. The van der Waals surface area contributed by atoms with Crippen LogP contribution < -0.4 is 14.2 Å². The standard InChI is InChI=1S/C30H40N2O6/c1-8-9-16-37-24-13-10-21(18-25(24)36-7)27-26(29(34)30(35)32(27)15-14-31(5)6)28(33)22-11-12-23(20(4)17-22)38-19(2)3/h10-13,17-19,27,33H,8-9,14-16H2,1-7H3/b28-26+. The first kappa shape index (κ1) is 29.0. The maximum Gasteiger partial charge on any atom is 0.295 e. The first-order valence-electron chi connectivity index (χ1n) is 13.1. The van der Waals surface area contributed by atoms with E-state index in [9.17, 15) is 14.7 Å². The molecule has 0 aromatic heterocycles. The number of ketones is 1. The Morgan fingerprint density at radius 1 is 1.08 bits per heavy atom. The number of nitrogens with zero attached hydrogens (tertiary/aromatic N) is 2. The quantitative estimate of drug-likeness (QED) is 0.182. The van der Waals surface area contributed by atoms with E-state index in [1.54, 1.807) is 37.4 Å². The van der Waals surface area contributed by atoms with Crippen LogP contribution in [-0.2, 0) is 9.59 Å². The van der Waals surface area contributed by atoms with Crippen LogP contribution in [0.25, 0.3) is 5.76 Å². The van der Waals surface area contributed by atoms with Crippen molar-refractivity contribution in [1.82, 2.24) is 9.80 Å². The van der Waals surface area contributed by atoms with Crippen molar-refractivity contribution in [3.63, 3.8) is 0 Å². The average Bonchev–Trinajstić information content (AvgIpc) is 3.13. The van der Waals surface area contributed by atoms with Gasteiger partial charge >= 0.3 is 0 Å². The van der Waals surface area contributed by atoms with E-state index in [0.717, 1.165) is 18.4 Å². The number of likely N-dealkylation sites (N-methyl/N-ethyl adjacent to an activating group) is 1. The Bertz CT molecular complexity index is 1190. The summed E-state index contributed by atoms with van der Waals surface area (Å²) in [7, 11) is 5.36. The van der Waals surface area contributed by atoms with Crippen LogP contribution in [-0.4, -0.2) is 73.6 Å². The first-order valence-corrected chi connectivity index (χ1v) is 13.1. The molecule has 1 aliphatic rings. The second-order valence-corrected chi connectivity index (χ2v) is 10.1. The summed E-state index contributed by atoms with van der Waals surface area (Å²) in [4.78, 5) is 30.0. The molecule has 8 nitrogen and oxygen atoms in total. The number of methoxy groups -OCH3 is 1. The zero-order valence-corrected chi connectivity index (χ0v) is 23.5. The van der Waals surface area contributed by atoms with Crippen LogP contribution in [0.5, 0.6) is 17.2 Å². The molecule has 1 heterocycles. The zero-order valence-electron chi connectivity index (χ0n) is 23.5. The fourth-order valence-electron chi connectivity index (χ4n) is 4.40. The number of carbonyl (C=O) groups excluding carboxylic acids is 2. The summed E-state index contributed by atoms with van der Waals surface area (Å²) in [5.41, 5.74) is 1.96. The maximum absolute atomic E-state index is 13.3. The van der Waals surface area contributed by atoms with Crippen LogP contribution in [0.15, 0.2) is 42.0 Å². The molecule has 1 unspecified atom stereocenters. The number of aliphatic hydroxyl groups excluding tert-OH is 1. The van der Waals surface area contributed by atoms with Crippen molar-refractivity contribution in [3.05, 3.63) is 58.7 Å². The lowest BCUT2D eigenvalue weighted by Gasteiger charge is -2.27. The maximum atomic E-state index is 13.3. The number of amides is 1. The van der Waals surface area contributed by atoms with E-state index in [4.69, 9.17) is 14.2 Å². The summed E-state index contributed by atoms with van der Waals surface area (Å²) in [6.07, 6.45) is 1.92. The van der Waals surface area contributed by atoms with E-state index in [2.05, 4.69) is 6.92 Å². The van der Waals surface area contributed by atoms with Crippen molar-refractivity contribution in [2.45, 2.75) is 52.7 Å². The summed E-state index contributed by atoms with van der Waals surface area (Å²) in [5, 5.41) is 11.4. The van der Waals surface area contributed by atoms with Gasteiger partial charge in [-0.15, -0.1) is 0 Å². The normalized spacial score (nSPS) is 17.0. The average molecular weight is 525 g/mol. The summed E-state index contributed by atoms with van der Waals surface area (Å²) in [6.45, 7) is 9.28. The lowest BCUT2D eigenvalue weighted by Crippen LogP contribution is -2.35. The van der Waals surface area contributed by atoms with Gasteiger partial charge in [-0.3, -0.25) is 9.59 Å². The molecule has 1 aliphatic heterocycles. The fraction of sp³-hybridized carbons (Fsp3) is 0.467. The Morgan fingerprint density at radius 3 is 2.39 bits per heavy atom. The van der Waals surface area contributed by atoms with Crippen LogP contribution in [0.4, 0.5) is 0 Å². The minimum absolute atomic E-state index is 0.000859. The molecule has 0 aliphatic carbocycles. The Kier molecular flexibility index (Phi) is 9.80. The highest BCUT2D eigenvalue weighted by atomic mass is 16.5. The van der Waals surface area contributed by atoms with Crippen LogP contribution in [0, 0.1) is 6.92 Å². The monoisotopic (exact) mass is 524 g/mol. The third-order valence-corrected chi connectivity index (χ3v) is 6.40. The zero-order chi connectivity index (χ0) is 28.0. The predicted octanol–water partition coefficient (Wildman–Crippen LogP) is 4.95. The molecule has 1 saturated heterocycles. The van der Waals surface area contributed by atoms with Gasteiger partial charge in [0.25, 0.3) is 11.7 Å². The number of likely N-dealkylation sites (tertiary alicyclic amines) is 1. The van der Waals surface area contributed by atoms with Gasteiger partial charge in [-0.1, -0.05) is 19.4 Å². The van der Waals surface area contributed by atoms with Gasteiger partial charge in [-0.25, -0.2) is 0 Å². The number of Topliss-reactive ketones (excluding diaryl/α,β-unsaturated/α-hetero) is 1. The minimum Gasteiger partial charge on any atom is -0.507 e. The predicted molar refractivity (Wildman–Crippen MR) is 148 cm³/mol. The second-order valence-electron chi connectivity index (χ2n) is 10.1. The summed E-state index contributed by atoms with van der Waals surface area (Å²) in [5.74, 6) is 0.213. The third kappa shape index (κ3) is 6.48. The highest BCUT2D eigenvalue weighted by molar-refractivity contribution is 6.46. The fourth-order valence-corrected chi connectivity index (χ4v) is 4.40. The molecular weight excluding hydrogens is 484 g/mol. The number of hydrogen-bond donors (Lipinski definition) is 1. The van der Waals surface area contributed by atoms with Crippen LogP contribution in [0.1, 0.15) is 56.3 Å². The van der Waals surface area contributed by atoms with Gasteiger partial charge in [-0.05, 0) is 82.7 Å². The SMILES string of the molecule is CCCCOc1ccc(C2/C(=C(\O)c3ccc(OC(C)C)c(C)c3)C(=O)C(=O)N2CCN(C)C)cc1OC. The van der Waals surface area contributed by atoms with E-state index >= 15 is 0 Å². The van der Waals surface area contributed by atoms with Gasteiger partial charge in [-0.2, -0.15) is 0 Å². The van der Waals surface area contributed by atoms with Crippen molar-refractivity contribution >= 4 is 17.4 Å². The number of aryl methyl sites for hydroxylation is 1. The van der Waals surface area contributed by atoms with Crippen molar-refractivity contribution in [2.75, 3.05) is 40.9 Å². The third-order valence-electron chi connectivity index (χ3n) is 6.40. The topological polar surface area (TPSA) is 88.5 Å². The van der Waals surface area contributed by atoms with Gasteiger partial charge in [0.05, 0.1) is 31.4 Å². The van der Waals surface area contributed by atoms with Crippen LogP contribution >= 0.6 is 0 Å². The van der Waals surface area contributed by atoms with E-state index in [0.29, 0.717) is 48.1 Å². The van der Waals surface area contributed by atoms with Gasteiger partial charge in [0.15, 0.2) is 11.5 Å². The Balaban J connectivity index is 2.11. The molecule has 0 saturated carbocycles. The number of benzene rings is 2. The molecule has 0 radical (unpaired) electrons. The van der Waals surface area contributed by atoms with Crippen molar-refractivity contribution in [3.8, 4) is 17.2 Å². The van der Waals surface area contributed by atoms with Crippen molar-refractivity contribution in [1.29, 1.82) is 0 Å². The van der Waals surface area contributed by atoms with Crippen LogP contribution in [0.3, 0.4) is 0 Å². The van der Waals surface area contributed by atoms with Gasteiger partial charge in [0.1, 0.15) is 11.5 Å². The van der Waals surface area contributed by atoms with E-state index < -0.39 is 17.7 Å². The van der Waals surface area contributed by atoms with Gasteiger partial charge in [0, 0.05) is 18.7 Å². The number of ether oxygens (including phenoxy) is 3. The van der Waals surface area contributed by atoms with E-state index in [-0.39, 0.29) is 17.4 Å². The second kappa shape index (κ2) is 12.8. The van der Waals surface area contributed by atoms with Crippen LogP contribution in [0.2, 0.25) is 0 Å². The molecule has 1 atom stereocenters. The largest absolute Gasteiger partial charge is 0.507 e. The highest BCUT2D eigenvalue weighted by Crippen LogP contribution is 2.42.